The van der Waals surface area contributed by atoms with Crippen molar-refractivity contribution in [3.8, 4) is 0 Å². The van der Waals surface area contributed by atoms with Crippen LogP contribution in [0.4, 0.5) is 11.4 Å². The number of rotatable bonds is 6. The molecular weight excluding hydrogens is 498 g/mol. The third-order valence-corrected chi connectivity index (χ3v) is 8.13. The summed E-state index contributed by atoms with van der Waals surface area (Å²) >= 11 is 1.59. The minimum atomic E-state index is -0.287. The number of hydrogen-bond donors (Lipinski definition) is 2. The summed E-state index contributed by atoms with van der Waals surface area (Å²) in [5.74, 6) is 0.0410. The molecular formula is C29H27N5O3S. The van der Waals surface area contributed by atoms with Gasteiger partial charge in [0.05, 0.1) is 23.5 Å². The van der Waals surface area contributed by atoms with Crippen LogP contribution in [-0.2, 0) is 13.1 Å². The lowest BCUT2D eigenvalue weighted by Gasteiger charge is -2.44. The fraction of sp³-hybridized carbons (Fsp3) is 0.241. The number of thiophene rings is 1. The summed E-state index contributed by atoms with van der Waals surface area (Å²) in [5, 5.41) is 7.97. The van der Waals surface area contributed by atoms with Gasteiger partial charge in [0.15, 0.2) is 0 Å². The number of hydrogen-bond acceptors (Lipinski definition) is 6. The summed E-state index contributed by atoms with van der Waals surface area (Å²) in [6.45, 7) is 2.61. The normalized spacial score (nSPS) is 17.9. The third kappa shape index (κ3) is 4.84. The van der Waals surface area contributed by atoms with Crippen LogP contribution in [0.5, 0.6) is 0 Å². The number of nitrogens with zero attached hydrogens (tertiary/aromatic N) is 3. The molecule has 0 aliphatic carbocycles. The minimum Gasteiger partial charge on any atom is -0.369 e. The number of nitrogens with one attached hydrogen (secondary N) is 2. The van der Waals surface area contributed by atoms with E-state index in [2.05, 4.69) is 20.5 Å². The van der Waals surface area contributed by atoms with Crippen LogP contribution in [-0.4, -0.2) is 34.5 Å². The highest BCUT2D eigenvalue weighted by atomic mass is 32.1. The lowest BCUT2D eigenvalue weighted by Crippen LogP contribution is -2.47. The summed E-state index contributed by atoms with van der Waals surface area (Å²) < 4.78 is 1.91. The molecule has 2 aliphatic rings. The SMILES string of the molecule is O=C(NCc1cccs1)c1ccc(N2CC3CC(C2)c2cccc(=O)n2C3)c(NC(=O)c2cccnc2)c1. The maximum absolute atomic E-state index is 13.1. The number of carbonyl (C=O) groups excluding carboxylic acids is 2. The molecule has 2 amide bonds. The van der Waals surface area contributed by atoms with E-state index in [9.17, 15) is 14.4 Å². The lowest BCUT2D eigenvalue weighted by molar-refractivity contribution is 0.0950. The summed E-state index contributed by atoms with van der Waals surface area (Å²) in [7, 11) is 0. The molecule has 4 aromatic rings. The summed E-state index contributed by atoms with van der Waals surface area (Å²) in [6.07, 6.45) is 4.17. The molecule has 8 nitrogen and oxygen atoms in total. The summed E-state index contributed by atoms with van der Waals surface area (Å²) in [4.78, 5) is 45.9. The van der Waals surface area contributed by atoms with Crippen molar-refractivity contribution in [1.29, 1.82) is 0 Å². The standard InChI is InChI=1S/C29H27N5O3S/c35-27-7-1-6-25-22-12-19(17-34(25)27)16-33(18-22)26-9-8-20(28(36)31-15-23-5-3-11-38-23)13-24(26)32-29(37)21-4-2-10-30-14-21/h1-11,13-14,19,22H,12,15-18H2,(H,31,36)(H,32,37). The van der Waals surface area contributed by atoms with Gasteiger partial charge in [0.25, 0.3) is 17.4 Å². The number of amides is 2. The van der Waals surface area contributed by atoms with Gasteiger partial charge in [-0.15, -0.1) is 11.3 Å². The third-order valence-electron chi connectivity index (χ3n) is 7.25. The molecule has 6 rings (SSSR count). The van der Waals surface area contributed by atoms with Gasteiger partial charge >= 0.3 is 0 Å². The molecule has 2 N–H and O–H groups in total. The second-order valence-corrected chi connectivity index (χ2v) is 10.8. The number of carbonyl (C=O) groups is 2. The number of aromatic nitrogens is 2. The second kappa shape index (κ2) is 10.3. The van der Waals surface area contributed by atoms with Gasteiger partial charge in [0.1, 0.15) is 0 Å². The molecule has 2 atom stereocenters. The fourth-order valence-corrected chi connectivity index (χ4v) is 6.17. The molecule has 9 heteroatoms. The molecule has 0 spiro atoms. The number of piperidine rings is 1. The van der Waals surface area contributed by atoms with Gasteiger partial charge in [0, 0.05) is 60.1 Å². The van der Waals surface area contributed by atoms with Crippen molar-refractivity contribution in [1.82, 2.24) is 14.9 Å². The van der Waals surface area contributed by atoms with Crippen LogP contribution in [0.2, 0.25) is 0 Å². The Morgan fingerprint density at radius 2 is 1.89 bits per heavy atom. The van der Waals surface area contributed by atoms with E-state index in [1.807, 2.05) is 46.3 Å². The van der Waals surface area contributed by atoms with Crippen LogP contribution in [0.15, 0.2) is 83.2 Å². The Morgan fingerprint density at radius 3 is 2.71 bits per heavy atom. The first kappa shape index (κ1) is 24.1. The van der Waals surface area contributed by atoms with E-state index in [0.717, 1.165) is 35.8 Å². The zero-order valence-electron chi connectivity index (χ0n) is 20.7. The van der Waals surface area contributed by atoms with Crippen molar-refractivity contribution >= 4 is 34.5 Å². The first-order valence-corrected chi connectivity index (χ1v) is 13.5. The zero-order valence-corrected chi connectivity index (χ0v) is 21.5. The highest BCUT2D eigenvalue weighted by molar-refractivity contribution is 7.09. The van der Waals surface area contributed by atoms with Gasteiger partial charge in [-0.25, -0.2) is 0 Å². The molecule has 1 aromatic carbocycles. The molecule has 38 heavy (non-hydrogen) atoms. The van der Waals surface area contributed by atoms with E-state index in [1.54, 1.807) is 41.8 Å². The van der Waals surface area contributed by atoms with Crippen LogP contribution in [0, 0.1) is 5.92 Å². The highest BCUT2D eigenvalue weighted by Gasteiger charge is 2.35. The van der Waals surface area contributed by atoms with Crippen molar-refractivity contribution in [2.24, 2.45) is 5.92 Å². The van der Waals surface area contributed by atoms with E-state index in [0.29, 0.717) is 35.8 Å². The topological polar surface area (TPSA) is 96.3 Å². The molecule has 2 aliphatic heterocycles. The van der Waals surface area contributed by atoms with Gasteiger partial charge in [-0.1, -0.05) is 12.1 Å². The molecule has 2 bridgehead atoms. The fourth-order valence-electron chi connectivity index (χ4n) is 5.52. The second-order valence-electron chi connectivity index (χ2n) is 9.79. The molecule has 3 aromatic heterocycles. The van der Waals surface area contributed by atoms with Crippen molar-refractivity contribution in [3.63, 3.8) is 0 Å². The van der Waals surface area contributed by atoms with Crippen molar-refractivity contribution in [3.05, 3.63) is 110 Å². The predicted octanol–water partition coefficient (Wildman–Crippen LogP) is 4.11. The number of anilines is 2. The molecule has 2 unspecified atom stereocenters. The predicted molar refractivity (Wildman–Crippen MR) is 148 cm³/mol. The lowest BCUT2D eigenvalue weighted by atomic mass is 9.83. The van der Waals surface area contributed by atoms with E-state index in [1.165, 1.54) is 6.20 Å². The Morgan fingerprint density at radius 1 is 0.974 bits per heavy atom. The zero-order chi connectivity index (χ0) is 26.1. The van der Waals surface area contributed by atoms with E-state index >= 15 is 0 Å². The van der Waals surface area contributed by atoms with Crippen LogP contribution in [0.3, 0.4) is 0 Å². The van der Waals surface area contributed by atoms with Gasteiger partial charge in [-0.2, -0.15) is 0 Å². The first-order chi connectivity index (χ1) is 18.5. The maximum atomic E-state index is 13.1. The van der Waals surface area contributed by atoms with Crippen molar-refractivity contribution in [2.45, 2.75) is 25.4 Å². The van der Waals surface area contributed by atoms with Gasteiger partial charge in [0.2, 0.25) is 0 Å². The quantitative estimate of drug-likeness (QED) is 0.395. The van der Waals surface area contributed by atoms with Gasteiger partial charge in [-0.3, -0.25) is 19.4 Å². The molecule has 1 fully saturated rings. The summed E-state index contributed by atoms with van der Waals surface area (Å²) in [6, 6.07) is 18.3. The minimum absolute atomic E-state index is 0.0491. The molecule has 0 radical (unpaired) electrons. The van der Waals surface area contributed by atoms with E-state index in [-0.39, 0.29) is 23.3 Å². The Kier molecular flexibility index (Phi) is 6.51. The van der Waals surface area contributed by atoms with E-state index < -0.39 is 0 Å². The summed E-state index contributed by atoms with van der Waals surface area (Å²) in [5.41, 5.74) is 3.46. The molecule has 1 saturated heterocycles. The van der Waals surface area contributed by atoms with Crippen molar-refractivity contribution in [2.75, 3.05) is 23.3 Å². The van der Waals surface area contributed by atoms with Crippen LogP contribution in [0.25, 0.3) is 0 Å². The largest absolute Gasteiger partial charge is 0.369 e. The number of pyridine rings is 2. The number of fused-ring (bicyclic) bond motifs is 4. The first-order valence-electron chi connectivity index (χ1n) is 12.7. The Balaban J connectivity index is 1.30. The molecule has 5 heterocycles. The Labute approximate surface area is 224 Å². The Bertz CT molecular complexity index is 1530. The number of benzene rings is 1. The van der Waals surface area contributed by atoms with Crippen LogP contribution < -0.4 is 21.1 Å². The van der Waals surface area contributed by atoms with Crippen LogP contribution in [0.1, 0.15) is 43.6 Å². The smallest absolute Gasteiger partial charge is 0.257 e. The highest BCUT2D eigenvalue weighted by Crippen LogP contribution is 2.39. The van der Waals surface area contributed by atoms with Gasteiger partial charge in [-0.05, 0) is 60.2 Å². The molecule has 192 valence electrons. The van der Waals surface area contributed by atoms with Gasteiger partial charge < -0.3 is 20.1 Å². The maximum Gasteiger partial charge on any atom is 0.257 e. The Hall–Kier alpha value is -4.24. The van der Waals surface area contributed by atoms with Crippen molar-refractivity contribution < 1.29 is 9.59 Å². The average Bonchev–Trinajstić information content (AvgIpc) is 3.46. The van der Waals surface area contributed by atoms with E-state index in [4.69, 9.17) is 0 Å². The average molecular weight is 526 g/mol. The molecule has 0 saturated carbocycles. The van der Waals surface area contributed by atoms with Crippen LogP contribution >= 0.6 is 11.3 Å². The monoisotopic (exact) mass is 525 g/mol.